The van der Waals surface area contributed by atoms with Crippen LogP contribution >= 0.6 is 0 Å². The minimum atomic E-state index is -0.543. The lowest BCUT2D eigenvalue weighted by Gasteiger charge is -2.38. The van der Waals surface area contributed by atoms with Gasteiger partial charge in [0.2, 0.25) is 6.79 Å². The number of benzene rings is 3. The molecule has 2 heterocycles. The lowest BCUT2D eigenvalue weighted by Crippen LogP contribution is -2.42. The van der Waals surface area contributed by atoms with E-state index in [1.807, 2.05) is 36.4 Å². The van der Waals surface area contributed by atoms with E-state index in [1.165, 1.54) is 13.2 Å². The third-order valence-electron chi connectivity index (χ3n) is 5.30. The first-order valence-electron chi connectivity index (χ1n) is 9.52. The Morgan fingerprint density at radius 3 is 2.77 bits per heavy atom. The third-order valence-corrected chi connectivity index (χ3v) is 5.30. The Labute approximate surface area is 172 Å². The van der Waals surface area contributed by atoms with Crippen molar-refractivity contribution in [1.82, 2.24) is 4.90 Å². The lowest BCUT2D eigenvalue weighted by molar-refractivity contribution is 0.0666. The van der Waals surface area contributed by atoms with E-state index in [2.05, 4.69) is 5.32 Å². The Bertz CT molecular complexity index is 1130. The Hall–Kier alpha value is -3.74. The van der Waals surface area contributed by atoms with Crippen molar-refractivity contribution in [3.8, 4) is 17.2 Å². The molecule has 1 amide bonds. The molecule has 152 valence electrons. The fourth-order valence-electron chi connectivity index (χ4n) is 3.81. The molecule has 2 aliphatic rings. The van der Waals surface area contributed by atoms with Crippen LogP contribution < -0.4 is 19.5 Å². The number of anilines is 1. The molecule has 1 atom stereocenters. The van der Waals surface area contributed by atoms with E-state index in [0.29, 0.717) is 34.9 Å². The number of hydrogen-bond donors (Lipinski definition) is 1. The topological polar surface area (TPSA) is 60.0 Å². The summed E-state index contributed by atoms with van der Waals surface area (Å²) < 4.78 is 30.3. The number of hydrogen-bond acceptors (Lipinski definition) is 5. The lowest BCUT2D eigenvalue weighted by atomic mass is 10.0. The van der Waals surface area contributed by atoms with E-state index in [-0.39, 0.29) is 18.4 Å². The molecule has 0 aromatic heterocycles. The summed E-state index contributed by atoms with van der Waals surface area (Å²) in [7, 11) is 1.42. The molecule has 0 aliphatic carbocycles. The van der Waals surface area contributed by atoms with Crippen molar-refractivity contribution in [1.29, 1.82) is 0 Å². The van der Waals surface area contributed by atoms with Gasteiger partial charge in [0.15, 0.2) is 23.1 Å². The zero-order valence-corrected chi connectivity index (χ0v) is 16.2. The number of ether oxygens (including phenoxy) is 3. The molecule has 7 heteroatoms. The highest BCUT2D eigenvalue weighted by Crippen LogP contribution is 2.37. The van der Waals surface area contributed by atoms with E-state index >= 15 is 0 Å². The number of rotatable bonds is 4. The molecule has 5 rings (SSSR count). The van der Waals surface area contributed by atoms with Gasteiger partial charge in [-0.15, -0.1) is 0 Å². The summed E-state index contributed by atoms with van der Waals surface area (Å²) in [5, 5.41) is 3.37. The molecule has 0 saturated heterocycles. The summed E-state index contributed by atoms with van der Waals surface area (Å²) in [4.78, 5) is 15.0. The molecule has 2 aliphatic heterocycles. The number of methoxy groups -OCH3 is 1. The smallest absolute Gasteiger partial charge is 0.258 e. The van der Waals surface area contributed by atoms with Crippen molar-refractivity contribution in [3.05, 3.63) is 83.2 Å². The van der Waals surface area contributed by atoms with Crippen LogP contribution in [0.15, 0.2) is 60.7 Å². The zero-order chi connectivity index (χ0) is 20.7. The van der Waals surface area contributed by atoms with Crippen molar-refractivity contribution in [2.24, 2.45) is 0 Å². The molecule has 6 nitrogen and oxygen atoms in total. The highest BCUT2D eigenvalue weighted by molar-refractivity contribution is 6.01. The number of carbonyl (C=O) groups is 1. The summed E-state index contributed by atoms with van der Waals surface area (Å²) in [6, 6.07) is 17.6. The van der Waals surface area contributed by atoms with Gasteiger partial charge in [-0.1, -0.05) is 24.3 Å². The van der Waals surface area contributed by atoms with E-state index in [4.69, 9.17) is 14.2 Å². The number of nitrogens with zero attached hydrogens (tertiary/aromatic N) is 1. The summed E-state index contributed by atoms with van der Waals surface area (Å²) in [5.41, 5.74) is 2.79. The molecule has 0 saturated carbocycles. The Balaban J connectivity index is 1.54. The molecule has 0 unspecified atom stereocenters. The first-order valence-corrected chi connectivity index (χ1v) is 9.52. The van der Waals surface area contributed by atoms with Crippen LogP contribution in [0.3, 0.4) is 0 Å². The third kappa shape index (κ3) is 3.08. The molecule has 3 aromatic carbocycles. The highest BCUT2D eigenvalue weighted by Gasteiger charge is 2.33. The van der Waals surface area contributed by atoms with Crippen LogP contribution in [-0.4, -0.2) is 24.7 Å². The second-order valence-electron chi connectivity index (χ2n) is 7.11. The van der Waals surface area contributed by atoms with Gasteiger partial charge in [0.05, 0.1) is 12.7 Å². The van der Waals surface area contributed by atoms with Crippen molar-refractivity contribution >= 4 is 11.6 Å². The summed E-state index contributed by atoms with van der Waals surface area (Å²) >= 11 is 0. The fourth-order valence-corrected chi connectivity index (χ4v) is 3.81. The molecule has 0 radical (unpaired) electrons. The van der Waals surface area contributed by atoms with Crippen LogP contribution in [0.1, 0.15) is 27.7 Å². The monoisotopic (exact) mass is 406 g/mol. The van der Waals surface area contributed by atoms with Gasteiger partial charge in [0.1, 0.15) is 6.17 Å². The van der Waals surface area contributed by atoms with Crippen molar-refractivity contribution in [2.75, 3.05) is 19.2 Å². The number of amides is 1. The average Bonchev–Trinajstić information content (AvgIpc) is 3.23. The predicted octanol–water partition coefficient (Wildman–Crippen LogP) is 4.33. The standard InChI is InChI=1S/C23H19FN2O4/c1-28-19-9-7-15(11-17(19)24)22-25-18-5-3-2-4-16(18)23(27)26(22)12-14-6-8-20-21(10-14)30-13-29-20/h2-11,22,25H,12-13H2,1H3/t22-/m1/s1. The fraction of sp³-hybridized carbons (Fsp3) is 0.174. The number of halogens is 1. The van der Waals surface area contributed by atoms with Crippen LogP contribution in [0.25, 0.3) is 0 Å². The van der Waals surface area contributed by atoms with Gasteiger partial charge in [-0.05, 0) is 47.5 Å². The first kappa shape index (κ1) is 18.3. The van der Waals surface area contributed by atoms with Crippen molar-refractivity contribution in [3.63, 3.8) is 0 Å². The Morgan fingerprint density at radius 1 is 1.10 bits per heavy atom. The summed E-state index contributed by atoms with van der Waals surface area (Å²) in [6.45, 7) is 0.499. The molecule has 30 heavy (non-hydrogen) atoms. The number of carbonyl (C=O) groups excluding carboxylic acids is 1. The van der Waals surface area contributed by atoms with Gasteiger partial charge in [-0.2, -0.15) is 0 Å². The SMILES string of the molecule is COc1ccc([C@@H]2Nc3ccccc3C(=O)N2Cc2ccc3c(c2)OCO3)cc1F. The van der Waals surface area contributed by atoms with Gasteiger partial charge in [-0.25, -0.2) is 4.39 Å². The van der Waals surface area contributed by atoms with Gasteiger partial charge in [-0.3, -0.25) is 4.79 Å². The number of fused-ring (bicyclic) bond motifs is 2. The first-order chi connectivity index (χ1) is 14.6. The second-order valence-corrected chi connectivity index (χ2v) is 7.11. The largest absolute Gasteiger partial charge is 0.494 e. The van der Waals surface area contributed by atoms with Crippen LogP contribution in [0, 0.1) is 5.82 Å². The minimum Gasteiger partial charge on any atom is -0.494 e. The molecule has 0 spiro atoms. The maximum Gasteiger partial charge on any atom is 0.258 e. The van der Waals surface area contributed by atoms with Crippen LogP contribution in [0.4, 0.5) is 10.1 Å². The molecular weight excluding hydrogens is 387 g/mol. The van der Waals surface area contributed by atoms with Crippen LogP contribution in [0.5, 0.6) is 17.2 Å². The van der Waals surface area contributed by atoms with E-state index in [0.717, 1.165) is 5.56 Å². The zero-order valence-electron chi connectivity index (χ0n) is 16.2. The molecule has 3 aromatic rings. The molecule has 0 bridgehead atoms. The van der Waals surface area contributed by atoms with Gasteiger partial charge < -0.3 is 24.4 Å². The maximum absolute atomic E-state index is 14.4. The highest BCUT2D eigenvalue weighted by atomic mass is 19.1. The van der Waals surface area contributed by atoms with Crippen molar-refractivity contribution in [2.45, 2.75) is 12.7 Å². The quantitative estimate of drug-likeness (QED) is 0.699. The molecule has 0 fully saturated rings. The van der Waals surface area contributed by atoms with E-state index in [1.54, 1.807) is 23.1 Å². The second kappa shape index (κ2) is 7.26. The summed E-state index contributed by atoms with van der Waals surface area (Å²) in [5.74, 6) is 0.872. The van der Waals surface area contributed by atoms with Crippen LogP contribution in [0.2, 0.25) is 0 Å². The predicted molar refractivity (Wildman–Crippen MR) is 108 cm³/mol. The van der Waals surface area contributed by atoms with Crippen LogP contribution in [-0.2, 0) is 6.54 Å². The maximum atomic E-state index is 14.4. The molecular formula is C23H19FN2O4. The van der Waals surface area contributed by atoms with Gasteiger partial charge in [0.25, 0.3) is 5.91 Å². The normalized spacial score (nSPS) is 16.8. The van der Waals surface area contributed by atoms with E-state index < -0.39 is 12.0 Å². The summed E-state index contributed by atoms with van der Waals surface area (Å²) in [6.07, 6.45) is -0.543. The van der Waals surface area contributed by atoms with Crippen molar-refractivity contribution < 1.29 is 23.4 Å². The minimum absolute atomic E-state index is 0.136. The molecule has 1 N–H and O–H groups in total. The number of nitrogens with one attached hydrogen (secondary N) is 1. The average molecular weight is 406 g/mol. The Morgan fingerprint density at radius 2 is 1.93 bits per heavy atom. The Kier molecular flexibility index (Phi) is 4.43. The number of para-hydroxylation sites is 1. The van der Waals surface area contributed by atoms with Gasteiger partial charge in [0, 0.05) is 12.2 Å². The van der Waals surface area contributed by atoms with E-state index in [9.17, 15) is 9.18 Å². The van der Waals surface area contributed by atoms with Gasteiger partial charge >= 0.3 is 0 Å².